The number of nitrogens with zero attached hydrogens (tertiary/aromatic N) is 1. The molecule has 0 atom stereocenters. The summed E-state index contributed by atoms with van der Waals surface area (Å²) in [5, 5.41) is 12.1. The number of aliphatic carboxylic acids is 1. The van der Waals surface area contributed by atoms with Crippen molar-refractivity contribution in [3.05, 3.63) is 58.4 Å². The maximum atomic E-state index is 14.2. The van der Waals surface area contributed by atoms with Crippen LogP contribution in [0.25, 0.3) is 0 Å². The molecule has 0 unspecified atom stereocenters. The fourth-order valence-electron chi connectivity index (χ4n) is 3.96. The van der Waals surface area contributed by atoms with E-state index in [4.69, 9.17) is 5.11 Å². The Kier molecular flexibility index (Phi) is 6.22. The van der Waals surface area contributed by atoms with Crippen LogP contribution in [0, 0.1) is 12.7 Å². The normalized spacial score (nSPS) is 13.5. The summed E-state index contributed by atoms with van der Waals surface area (Å²) in [6.45, 7) is 8.35. The van der Waals surface area contributed by atoms with E-state index >= 15 is 0 Å². The number of aryl methyl sites for hydroxylation is 2. The third-order valence-corrected chi connectivity index (χ3v) is 5.53. The summed E-state index contributed by atoms with van der Waals surface area (Å²) in [5.74, 6) is -1.28. The molecule has 150 valence electrons. The van der Waals surface area contributed by atoms with Gasteiger partial charge in [-0.15, -0.1) is 0 Å². The number of anilines is 2. The van der Waals surface area contributed by atoms with Crippen molar-refractivity contribution in [3.63, 3.8) is 0 Å². The second-order valence-electron chi connectivity index (χ2n) is 7.80. The first-order valence-corrected chi connectivity index (χ1v) is 9.99. The van der Waals surface area contributed by atoms with E-state index in [2.05, 4.69) is 43.1 Å². The number of carbonyl (C=O) groups is 1. The molecule has 3 rings (SSSR count). The number of hydrogen-bond acceptors (Lipinski definition) is 3. The lowest BCUT2D eigenvalue weighted by Crippen LogP contribution is -2.36. The van der Waals surface area contributed by atoms with Gasteiger partial charge in [-0.3, -0.25) is 4.79 Å². The van der Waals surface area contributed by atoms with Crippen molar-refractivity contribution >= 4 is 17.3 Å². The van der Waals surface area contributed by atoms with Gasteiger partial charge in [0.05, 0.1) is 0 Å². The third-order valence-electron chi connectivity index (χ3n) is 5.53. The molecule has 1 aliphatic heterocycles. The number of benzene rings is 2. The molecule has 0 saturated carbocycles. The van der Waals surface area contributed by atoms with Gasteiger partial charge in [-0.2, -0.15) is 0 Å². The van der Waals surface area contributed by atoms with Gasteiger partial charge >= 0.3 is 5.97 Å². The van der Waals surface area contributed by atoms with Crippen molar-refractivity contribution in [2.24, 2.45) is 0 Å². The van der Waals surface area contributed by atoms with Gasteiger partial charge in [0, 0.05) is 36.9 Å². The van der Waals surface area contributed by atoms with Gasteiger partial charge in [0.25, 0.3) is 0 Å². The monoisotopic (exact) mass is 384 g/mol. The minimum absolute atomic E-state index is 0.0651. The zero-order valence-corrected chi connectivity index (χ0v) is 16.9. The van der Waals surface area contributed by atoms with Gasteiger partial charge in [0.1, 0.15) is 5.82 Å². The fraction of sp³-hybridized carbons (Fsp3) is 0.435. The molecule has 0 aliphatic carbocycles. The number of rotatable bonds is 7. The molecular weight excluding hydrogens is 355 g/mol. The van der Waals surface area contributed by atoms with Crippen LogP contribution in [-0.2, 0) is 24.2 Å². The average molecular weight is 384 g/mol. The van der Waals surface area contributed by atoms with Crippen LogP contribution in [0.5, 0.6) is 0 Å². The highest BCUT2D eigenvalue weighted by Gasteiger charge is 2.22. The first-order valence-electron chi connectivity index (χ1n) is 9.99. The lowest BCUT2D eigenvalue weighted by molar-refractivity contribution is -0.136. The molecule has 4 nitrogen and oxygen atoms in total. The molecule has 1 aliphatic rings. The van der Waals surface area contributed by atoms with E-state index in [0.717, 1.165) is 13.0 Å². The van der Waals surface area contributed by atoms with Crippen molar-refractivity contribution in [1.82, 2.24) is 0 Å². The molecular formula is C23H29FN2O2. The molecule has 0 saturated heterocycles. The van der Waals surface area contributed by atoms with E-state index in [9.17, 15) is 9.18 Å². The molecule has 0 aromatic heterocycles. The van der Waals surface area contributed by atoms with Crippen molar-refractivity contribution in [1.29, 1.82) is 0 Å². The number of hydrogen-bond donors (Lipinski definition) is 2. The van der Waals surface area contributed by atoms with Crippen molar-refractivity contribution in [3.8, 4) is 0 Å². The van der Waals surface area contributed by atoms with Crippen LogP contribution in [0.1, 0.15) is 48.9 Å². The summed E-state index contributed by atoms with van der Waals surface area (Å²) in [4.78, 5) is 13.2. The highest BCUT2D eigenvalue weighted by molar-refractivity contribution is 5.67. The fourth-order valence-corrected chi connectivity index (χ4v) is 3.96. The molecule has 0 bridgehead atoms. The molecule has 5 heteroatoms. The summed E-state index contributed by atoms with van der Waals surface area (Å²) < 4.78 is 14.2. The number of carboxylic acid groups (broad SMARTS) is 1. The maximum absolute atomic E-state index is 14.2. The van der Waals surface area contributed by atoms with Crippen LogP contribution in [-0.4, -0.2) is 23.7 Å². The van der Waals surface area contributed by atoms with Crippen LogP contribution < -0.4 is 10.2 Å². The van der Waals surface area contributed by atoms with Gasteiger partial charge in [-0.1, -0.05) is 18.2 Å². The number of halogens is 1. The van der Waals surface area contributed by atoms with Gasteiger partial charge in [-0.25, -0.2) is 4.39 Å². The standard InChI is InChI=1S/C23H29FN2O2/c1-15(2)26-12-4-5-18-6-7-19(16(3)23(18)26)14-25-20-10-8-17(21(24)13-20)9-11-22(27)28/h6-8,10,13,15,25H,4-5,9,11-12,14H2,1-3H3,(H,27,28). The van der Waals surface area contributed by atoms with Crippen LogP contribution in [0.3, 0.4) is 0 Å². The smallest absolute Gasteiger partial charge is 0.303 e. The molecule has 0 spiro atoms. The average Bonchev–Trinajstić information content (AvgIpc) is 2.66. The van der Waals surface area contributed by atoms with Crippen LogP contribution in [0.2, 0.25) is 0 Å². The topological polar surface area (TPSA) is 52.6 Å². The van der Waals surface area contributed by atoms with Gasteiger partial charge < -0.3 is 15.3 Å². The predicted molar refractivity (Wildman–Crippen MR) is 112 cm³/mol. The Morgan fingerprint density at radius 1 is 1.25 bits per heavy atom. The third kappa shape index (κ3) is 4.46. The minimum Gasteiger partial charge on any atom is -0.481 e. The molecule has 2 N–H and O–H groups in total. The Morgan fingerprint density at radius 3 is 2.68 bits per heavy atom. The second kappa shape index (κ2) is 8.63. The summed E-state index contributed by atoms with van der Waals surface area (Å²) in [6.07, 6.45) is 2.45. The second-order valence-corrected chi connectivity index (χ2v) is 7.80. The zero-order valence-electron chi connectivity index (χ0n) is 16.9. The Balaban J connectivity index is 1.74. The molecule has 0 amide bonds. The van der Waals surface area contributed by atoms with E-state index in [-0.39, 0.29) is 18.7 Å². The number of nitrogens with one attached hydrogen (secondary N) is 1. The van der Waals surface area contributed by atoms with Crippen molar-refractivity contribution in [2.75, 3.05) is 16.8 Å². The van der Waals surface area contributed by atoms with Crippen LogP contribution >= 0.6 is 0 Å². The summed E-state index contributed by atoms with van der Waals surface area (Å²) in [5.41, 5.74) is 6.41. The van der Waals surface area contributed by atoms with Gasteiger partial charge in [0.15, 0.2) is 0 Å². The van der Waals surface area contributed by atoms with Gasteiger partial charge in [-0.05, 0) is 74.4 Å². The Morgan fingerprint density at radius 2 is 2.00 bits per heavy atom. The molecule has 1 heterocycles. The maximum Gasteiger partial charge on any atom is 0.303 e. The van der Waals surface area contributed by atoms with Crippen molar-refractivity contribution in [2.45, 2.75) is 59.0 Å². The van der Waals surface area contributed by atoms with E-state index in [1.165, 1.54) is 34.9 Å². The van der Waals surface area contributed by atoms with Crippen LogP contribution in [0.15, 0.2) is 30.3 Å². The molecule has 2 aromatic rings. The van der Waals surface area contributed by atoms with E-state index in [1.807, 2.05) is 6.07 Å². The van der Waals surface area contributed by atoms with E-state index in [0.29, 0.717) is 23.8 Å². The van der Waals surface area contributed by atoms with Gasteiger partial charge in [0.2, 0.25) is 0 Å². The lowest BCUT2D eigenvalue weighted by atomic mass is 9.93. The predicted octanol–water partition coefficient (Wildman–Crippen LogP) is 4.92. The lowest BCUT2D eigenvalue weighted by Gasteiger charge is -2.36. The first kappa shape index (κ1) is 20.2. The zero-order chi connectivity index (χ0) is 20.3. The van der Waals surface area contributed by atoms with Crippen molar-refractivity contribution < 1.29 is 14.3 Å². The molecule has 0 radical (unpaired) electrons. The summed E-state index contributed by atoms with van der Waals surface area (Å²) in [7, 11) is 0. The highest BCUT2D eigenvalue weighted by Crippen LogP contribution is 2.34. The Labute approximate surface area is 166 Å². The number of fused-ring (bicyclic) bond motifs is 1. The molecule has 0 fully saturated rings. The quantitative estimate of drug-likeness (QED) is 0.711. The minimum atomic E-state index is -0.917. The van der Waals surface area contributed by atoms with E-state index < -0.39 is 5.97 Å². The molecule has 2 aromatic carbocycles. The Bertz CT molecular complexity index is 864. The largest absolute Gasteiger partial charge is 0.481 e. The highest BCUT2D eigenvalue weighted by atomic mass is 19.1. The summed E-state index contributed by atoms with van der Waals surface area (Å²) >= 11 is 0. The molecule has 28 heavy (non-hydrogen) atoms. The van der Waals surface area contributed by atoms with Crippen LogP contribution in [0.4, 0.5) is 15.8 Å². The first-order chi connectivity index (χ1) is 13.4. The Hall–Kier alpha value is -2.56. The summed E-state index contributed by atoms with van der Waals surface area (Å²) in [6, 6.07) is 9.79. The SMILES string of the molecule is Cc1c(CNc2ccc(CCC(=O)O)c(F)c2)ccc2c1N(C(C)C)CCC2. The number of carboxylic acids is 1. The van der Waals surface area contributed by atoms with E-state index in [1.54, 1.807) is 6.07 Å².